The molecule has 0 aromatic rings. The Morgan fingerprint density at radius 2 is 2.00 bits per heavy atom. The zero-order valence-electron chi connectivity index (χ0n) is 5.35. The minimum atomic E-state index is 0.191. The predicted molar refractivity (Wildman–Crippen MR) is 36.4 cm³/mol. The summed E-state index contributed by atoms with van der Waals surface area (Å²) in [5.74, 6) is 0.191. The minimum Gasteiger partial charge on any atom is -0.370 e. The molecule has 4 heteroatoms. The molecule has 1 fully saturated rings. The smallest absolute Gasteiger partial charge is 0.188 e. The van der Waals surface area contributed by atoms with E-state index in [0.717, 1.165) is 26.2 Å². The van der Waals surface area contributed by atoms with Crippen molar-refractivity contribution in [2.45, 2.75) is 0 Å². The van der Waals surface area contributed by atoms with E-state index in [1.807, 2.05) is 4.90 Å². The third kappa shape index (κ3) is 1.57. The molecule has 0 aromatic heterocycles. The largest absolute Gasteiger partial charge is 0.370 e. The van der Waals surface area contributed by atoms with Gasteiger partial charge in [-0.3, -0.25) is 5.41 Å². The second-order valence-corrected chi connectivity index (χ2v) is 2.12. The molecule has 0 spiro atoms. The highest BCUT2D eigenvalue weighted by Crippen LogP contribution is 1.88. The maximum Gasteiger partial charge on any atom is 0.188 e. The molecule has 1 aliphatic rings. The van der Waals surface area contributed by atoms with Crippen LogP contribution in [0.15, 0.2) is 0 Å². The predicted octanol–water partition coefficient (Wildman–Crippen LogP) is -1.21. The van der Waals surface area contributed by atoms with Crippen molar-refractivity contribution in [1.82, 2.24) is 10.2 Å². The number of nitrogens with two attached hydrogens (primary N) is 1. The molecule has 0 aliphatic carbocycles. The number of guanidine groups is 1. The van der Waals surface area contributed by atoms with Crippen LogP contribution in [0.2, 0.25) is 0 Å². The van der Waals surface area contributed by atoms with E-state index >= 15 is 0 Å². The van der Waals surface area contributed by atoms with Gasteiger partial charge in [-0.05, 0) is 0 Å². The molecule has 9 heavy (non-hydrogen) atoms. The maximum atomic E-state index is 7.06. The van der Waals surface area contributed by atoms with Crippen molar-refractivity contribution in [1.29, 1.82) is 5.41 Å². The summed E-state index contributed by atoms with van der Waals surface area (Å²) in [5, 5.41) is 10.2. The van der Waals surface area contributed by atoms with E-state index in [9.17, 15) is 0 Å². The molecule has 0 aromatic carbocycles. The quantitative estimate of drug-likeness (QED) is 0.283. The third-order valence-corrected chi connectivity index (χ3v) is 1.46. The lowest BCUT2D eigenvalue weighted by Gasteiger charge is -2.27. The third-order valence-electron chi connectivity index (χ3n) is 1.46. The molecule has 0 radical (unpaired) electrons. The highest BCUT2D eigenvalue weighted by atomic mass is 15.3. The van der Waals surface area contributed by atoms with Gasteiger partial charge in [0, 0.05) is 26.2 Å². The number of rotatable bonds is 0. The molecule has 0 saturated carbocycles. The van der Waals surface area contributed by atoms with Crippen LogP contribution in [-0.2, 0) is 0 Å². The van der Waals surface area contributed by atoms with Gasteiger partial charge in [0.25, 0.3) is 0 Å². The Hall–Kier alpha value is -0.770. The van der Waals surface area contributed by atoms with E-state index in [4.69, 9.17) is 11.1 Å². The minimum absolute atomic E-state index is 0.191. The molecule has 1 heterocycles. The van der Waals surface area contributed by atoms with Gasteiger partial charge >= 0.3 is 0 Å². The van der Waals surface area contributed by atoms with Crippen LogP contribution in [0, 0.1) is 5.41 Å². The molecule has 1 saturated heterocycles. The summed E-state index contributed by atoms with van der Waals surface area (Å²) in [4.78, 5) is 1.86. The van der Waals surface area contributed by atoms with Gasteiger partial charge < -0.3 is 16.0 Å². The van der Waals surface area contributed by atoms with Gasteiger partial charge in [0.15, 0.2) is 5.96 Å². The summed E-state index contributed by atoms with van der Waals surface area (Å²) in [6, 6.07) is 0. The van der Waals surface area contributed by atoms with Crippen LogP contribution in [0.1, 0.15) is 0 Å². The van der Waals surface area contributed by atoms with Crippen molar-refractivity contribution >= 4 is 5.96 Å². The van der Waals surface area contributed by atoms with E-state index in [-0.39, 0.29) is 5.96 Å². The van der Waals surface area contributed by atoms with E-state index in [1.54, 1.807) is 0 Å². The number of hydrogen-bond acceptors (Lipinski definition) is 2. The molecule has 4 nitrogen and oxygen atoms in total. The number of piperazine rings is 1. The van der Waals surface area contributed by atoms with Crippen molar-refractivity contribution in [3.8, 4) is 0 Å². The molecular formula is C5H12N4. The van der Waals surface area contributed by atoms with Gasteiger partial charge in [-0.15, -0.1) is 0 Å². The fourth-order valence-electron chi connectivity index (χ4n) is 0.906. The Labute approximate surface area is 54.5 Å². The highest BCUT2D eigenvalue weighted by molar-refractivity contribution is 5.74. The van der Waals surface area contributed by atoms with Crippen molar-refractivity contribution in [2.24, 2.45) is 5.73 Å². The van der Waals surface area contributed by atoms with Gasteiger partial charge in [-0.2, -0.15) is 0 Å². The Bertz CT molecular complexity index is 106. The maximum absolute atomic E-state index is 7.06. The summed E-state index contributed by atoms with van der Waals surface area (Å²) in [5.41, 5.74) is 5.25. The van der Waals surface area contributed by atoms with E-state index in [0.29, 0.717) is 0 Å². The second kappa shape index (κ2) is 2.68. The van der Waals surface area contributed by atoms with Gasteiger partial charge in [0.05, 0.1) is 0 Å². The molecular weight excluding hydrogens is 116 g/mol. The highest BCUT2D eigenvalue weighted by Gasteiger charge is 2.08. The first-order valence-corrected chi connectivity index (χ1v) is 3.10. The Kier molecular flexibility index (Phi) is 1.89. The summed E-state index contributed by atoms with van der Waals surface area (Å²) in [6.45, 7) is 3.63. The van der Waals surface area contributed by atoms with E-state index in [1.165, 1.54) is 0 Å². The van der Waals surface area contributed by atoms with Crippen LogP contribution in [0.3, 0.4) is 0 Å². The molecule has 52 valence electrons. The summed E-state index contributed by atoms with van der Waals surface area (Å²) in [6.07, 6.45) is 0. The van der Waals surface area contributed by atoms with Crippen molar-refractivity contribution < 1.29 is 0 Å². The Morgan fingerprint density at radius 3 is 2.33 bits per heavy atom. The molecule has 0 atom stereocenters. The Balaban J connectivity index is 2.31. The molecule has 0 amide bonds. The van der Waals surface area contributed by atoms with Crippen LogP contribution in [0.4, 0.5) is 0 Å². The molecule has 1 aliphatic heterocycles. The average molecular weight is 128 g/mol. The van der Waals surface area contributed by atoms with Crippen LogP contribution < -0.4 is 11.1 Å². The molecule has 1 rings (SSSR count). The van der Waals surface area contributed by atoms with Crippen LogP contribution in [-0.4, -0.2) is 37.0 Å². The van der Waals surface area contributed by atoms with Crippen molar-refractivity contribution in [3.63, 3.8) is 0 Å². The van der Waals surface area contributed by atoms with E-state index < -0.39 is 0 Å². The van der Waals surface area contributed by atoms with Crippen LogP contribution >= 0.6 is 0 Å². The molecule has 0 bridgehead atoms. The lowest BCUT2D eigenvalue weighted by molar-refractivity contribution is 0.352. The normalized spacial score (nSPS) is 19.8. The van der Waals surface area contributed by atoms with Gasteiger partial charge in [-0.1, -0.05) is 0 Å². The standard InChI is InChI=1S/C5H12N4/c6-5(7)9-3-1-8-2-4-9/h8H,1-4H2,(H3,6,7). The average Bonchev–Trinajstić information content (AvgIpc) is 1.90. The Morgan fingerprint density at radius 1 is 1.44 bits per heavy atom. The van der Waals surface area contributed by atoms with Crippen molar-refractivity contribution in [3.05, 3.63) is 0 Å². The van der Waals surface area contributed by atoms with Gasteiger partial charge in [-0.25, -0.2) is 0 Å². The van der Waals surface area contributed by atoms with Gasteiger partial charge in [0.1, 0.15) is 0 Å². The second-order valence-electron chi connectivity index (χ2n) is 2.12. The van der Waals surface area contributed by atoms with Crippen LogP contribution in [0.25, 0.3) is 0 Å². The molecule has 4 N–H and O–H groups in total. The lowest BCUT2D eigenvalue weighted by Crippen LogP contribution is -2.48. The zero-order chi connectivity index (χ0) is 6.69. The van der Waals surface area contributed by atoms with E-state index in [2.05, 4.69) is 5.32 Å². The fourth-order valence-corrected chi connectivity index (χ4v) is 0.906. The first-order chi connectivity index (χ1) is 4.30. The monoisotopic (exact) mass is 128 g/mol. The SMILES string of the molecule is N=C(N)N1CCNCC1. The number of hydrogen-bond donors (Lipinski definition) is 3. The fraction of sp³-hybridized carbons (Fsp3) is 0.800. The van der Waals surface area contributed by atoms with Crippen molar-refractivity contribution in [2.75, 3.05) is 26.2 Å². The van der Waals surface area contributed by atoms with Crippen LogP contribution in [0.5, 0.6) is 0 Å². The number of nitrogens with one attached hydrogen (secondary N) is 2. The summed E-state index contributed by atoms with van der Waals surface area (Å²) in [7, 11) is 0. The first kappa shape index (κ1) is 6.35. The summed E-state index contributed by atoms with van der Waals surface area (Å²) < 4.78 is 0. The summed E-state index contributed by atoms with van der Waals surface area (Å²) >= 11 is 0. The molecule has 0 unspecified atom stereocenters. The van der Waals surface area contributed by atoms with Gasteiger partial charge in [0.2, 0.25) is 0 Å². The lowest BCUT2D eigenvalue weighted by atomic mass is 10.4. The zero-order valence-corrected chi connectivity index (χ0v) is 5.35. The number of nitrogens with zero attached hydrogens (tertiary/aromatic N) is 1. The first-order valence-electron chi connectivity index (χ1n) is 3.10. The topological polar surface area (TPSA) is 65.1 Å².